The summed E-state index contributed by atoms with van der Waals surface area (Å²) in [6, 6.07) is 15.0. The van der Waals surface area contributed by atoms with Crippen molar-refractivity contribution in [1.29, 1.82) is 0 Å². The maximum atomic E-state index is 5.46. The van der Waals surface area contributed by atoms with Crippen LogP contribution in [0.3, 0.4) is 0 Å². The molecule has 0 radical (unpaired) electrons. The van der Waals surface area contributed by atoms with Crippen LogP contribution in [-0.2, 0) is 19.5 Å². The standard InChI is InChI=1S/C19H24NO2.BrH/c1-20(13-15-7-5-4-6-8-15)10-9-16-11-18(21-2)19(22-3)12-17(16)14-20;/h4-8,11-12H,9-10,13-14H2,1-3H3;1H/q+1;/p-1. The Balaban J connectivity index is 0.00000192. The van der Waals surface area contributed by atoms with Gasteiger partial charge < -0.3 is 30.9 Å². The summed E-state index contributed by atoms with van der Waals surface area (Å²) in [4.78, 5) is 0. The highest BCUT2D eigenvalue weighted by atomic mass is 79.9. The third-order valence-corrected chi connectivity index (χ3v) is 4.59. The van der Waals surface area contributed by atoms with Gasteiger partial charge in [-0.15, -0.1) is 0 Å². The van der Waals surface area contributed by atoms with E-state index in [1.54, 1.807) is 14.2 Å². The fraction of sp³-hybridized carbons (Fsp3) is 0.368. The molecule has 0 saturated heterocycles. The number of methoxy groups -OCH3 is 2. The Bertz CT molecular complexity index is 660. The molecular weight excluding hydrogens is 354 g/mol. The summed E-state index contributed by atoms with van der Waals surface area (Å²) >= 11 is 0. The smallest absolute Gasteiger partial charge is 0.161 e. The average molecular weight is 378 g/mol. The number of halogens is 1. The molecule has 2 aromatic rings. The first-order chi connectivity index (χ1) is 10.6. The highest BCUT2D eigenvalue weighted by Gasteiger charge is 2.29. The summed E-state index contributed by atoms with van der Waals surface area (Å²) in [7, 11) is 5.74. The van der Waals surface area contributed by atoms with Crippen LogP contribution in [0.2, 0.25) is 0 Å². The molecule has 0 aromatic heterocycles. The SMILES string of the molecule is COc1cc2c(cc1OC)C[N+](C)(Cc1ccccc1)CC2.[Br-]. The van der Waals surface area contributed by atoms with E-state index in [4.69, 9.17) is 9.47 Å². The van der Waals surface area contributed by atoms with Gasteiger partial charge >= 0.3 is 0 Å². The van der Waals surface area contributed by atoms with Gasteiger partial charge in [0.25, 0.3) is 0 Å². The molecule has 23 heavy (non-hydrogen) atoms. The normalized spacial score (nSPS) is 19.4. The van der Waals surface area contributed by atoms with Crippen molar-refractivity contribution in [2.45, 2.75) is 19.5 Å². The highest BCUT2D eigenvalue weighted by molar-refractivity contribution is 5.47. The van der Waals surface area contributed by atoms with Gasteiger partial charge in [-0.2, -0.15) is 0 Å². The minimum Gasteiger partial charge on any atom is -1.00 e. The van der Waals surface area contributed by atoms with E-state index in [1.807, 2.05) is 0 Å². The largest absolute Gasteiger partial charge is 1.00 e. The fourth-order valence-electron chi connectivity index (χ4n) is 3.38. The maximum absolute atomic E-state index is 5.46. The number of quaternary nitrogens is 1. The number of rotatable bonds is 4. The van der Waals surface area contributed by atoms with Crippen molar-refractivity contribution in [3.05, 3.63) is 59.2 Å². The van der Waals surface area contributed by atoms with Gasteiger partial charge in [-0.05, 0) is 17.7 Å². The molecule has 0 aliphatic carbocycles. The Morgan fingerprint density at radius 1 is 0.957 bits per heavy atom. The lowest BCUT2D eigenvalue weighted by molar-refractivity contribution is -0.937. The predicted octanol–water partition coefficient (Wildman–Crippen LogP) is 0.411. The van der Waals surface area contributed by atoms with Crippen molar-refractivity contribution in [1.82, 2.24) is 0 Å². The van der Waals surface area contributed by atoms with Gasteiger partial charge in [-0.25, -0.2) is 0 Å². The molecule has 4 heteroatoms. The van der Waals surface area contributed by atoms with E-state index in [9.17, 15) is 0 Å². The van der Waals surface area contributed by atoms with E-state index < -0.39 is 0 Å². The zero-order valence-electron chi connectivity index (χ0n) is 14.0. The van der Waals surface area contributed by atoms with Crippen molar-refractivity contribution in [2.75, 3.05) is 27.8 Å². The van der Waals surface area contributed by atoms with Crippen LogP contribution in [0.1, 0.15) is 16.7 Å². The van der Waals surface area contributed by atoms with Gasteiger partial charge in [0.2, 0.25) is 0 Å². The molecule has 1 atom stereocenters. The lowest BCUT2D eigenvalue weighted by atomic mass is 9.96. The molecule has 1 heterocycles. The predicted molar refractivity (Wildman–Crippen MR) is 88.2 cm³/mol. The monoisotopic (exact) mass is 377 g/mol. The summed E-state index contributed by atoms with van der Waals surface area (Å²) in [6.07, 6.45) is 1.08. The van der Waals surface area contributed by atoms with E-state index >= 15 is 0 Å². The molecule has 2 aromatic carbocycles. The number of hydrogen-bond acceptors (Lipinski definition) is 2. The van der Waals surface area contributed by atoms with Gasteiger partial charge in [0, 0.05) is 17.5 Å². The van der Waals surface area contributed by atoms with E-state index in [0.29, 0.717) is 0 Å². The van der Waals surface area contributed by atoms with Crippen LogP contribution in [0.25, 0.3) is 0 Å². The summed E-state index contributed by atoms with van der Waals surface area (Å²) in [5, 5.41) is 0. The van der Waals surface area contributed by atoms with Gasteiger partial charge in [-0.1, -0.05) is 30.3 Å². The second-order valence-electron chi connectivity index (χ2n) is 6.37. The van der Waals surface area contributed by atoms with Crippen molar-refractivity contribution in [3.63, 3.8) is 0 Å². The van der Waals surface area contributed by atoms with Crippen LogP contribution in [0.15, 0.2) is 42.5 Å². The van der Waals surface area contributed by atoms with E-state index in [-0.39, 0.29) is 17.0 Å². The fourth-order valence-corrected chi connectivity index (χ4v) is 3.38. The van der Waals surface area contributed by atoms with E-state index in [1.165, 1.54) is 16.7 Å². The van der Waals surface area contributed by atoms with Gasteiger partial charge in [0.1, 0.15) is 13.1 Å². The first-order valence-electron chi connectivity index (χ1n) is 7.75. The Kier molecular flexibility index (Phi) is 5.71. The second-order valence-corrected chi connectivity index (χ2v) is 6.37. The van der Waals surface area contributed by atoms with E-state index in [0.717, 1.165) is 42.0 Å². The Labute approximate surface area is 149 Å². The average Bonchev–Trinajstić information content (AvgIpc) is 2.54. The Hall–Kier alpha value is -1.52. The number of likely N-dealkylation sites (N-methyl/N-ethyl adjacent to an activating group) is 1. The van der Waals surface area contributed by atoms with Crippen molar-refractivity contribution >= 4 is 0 Å². The van der Waals surface area contributed by atoms with Crippen LogP contribution in [0.4, 0.5) is 0 Å². The molecule has 0 amide bonds. The third-order valence-electron chi connectivity index (χ3n) is 4.59. The van der Waals surface area contributed by atoms with Crippen LogP contribution >= 0.6 is 0 Å². The summed E-state index contributed by atoms with van der Waals surface area (Å²) in [5.74, 6) is 1.66. The number of fused-ring (bicyclic) bond motifs is 1. The van der Waals surface area contributed by atoms with Crippen LogP contribution in [0, 0.1) is 0 Å². The van der Waals surface area contributed by atoms with Gasteiger partial charge in [0.05, 0.1) is 27.8 Å². The Morgan fingerprint density at radius 3 is 2.17 bits per heavy atom. The lowest BCUT2D eigenvalue weighted by Crippen LogP contribution is -3.00. The number of hydrogen-bond donors (Lipinski definition) is 0. The quantitative estimate of drug-likeness (QED) is 0.718. The maximum Gasteiger partial charge on any atom is 0.161 e. The van der Waals surface area contributed by atoms with Crippen molar-refractivity contribution < 1.29 is 30.9 Å². The second kappa shape index (κ2) is 7.37. The zero-order valence-corrected chi connectivity index (χ0v) is 15.6. The third kappa shape index (κ3) is 3.88. The van der Waals surface area contributed by atoms with Crippen LogP contribution < -0.4 is 26.5 Å². The first kappa shape index (κ1) is 17.8. The molecule has 1 aliphatic rings. The molecule has 0 fully saturated rings. The molecule has 1 unspecified atom stereocenters. The zero-order chi connectivity index (χ0) is 15.6. The van der Waals surface area contributed by atoms with Gasteiger partial charge in [-0.3, -0.25) is 0 Å². The molecule has 0 N–H and O–H groups in total. The van der Waals surface area contributed by atoms with Gasteiger partial charge in [0.15, 0.2) is 11.5 Å². The summed E-state index contributed by atoms with van der Waals surface area (Å²) < 4.78 is 11.9. The Morgan fingerprint density at radius 2 is 1.57 bits per heavy atom. The van der Waals surface area contributed by atoms with E-state index in [2.05, 4.69) is 49.5 Å². The molecule has 0 spiro atoms. The topological polar surface area (TPSA) is 18.5 Å². The molecule has 3 nitrogen and oxygen atoms in total. The molecule has 0 bridgehead atoms. The summed E-state index contributed by atoms with van der Waals surface area (Å²) in [5.41, 5.74) is 4.16. The van der Waals surface area contributed by atoms with Crippen molar-refractivity contribution in [2.24, 2.45) is 0 Å². The number of benzene rings is 2. The van der Waals surface area contributed by atoms with Crippen molar-refractivity contribution in [3.8, 4) is 11.5 Å². The first-order valence-corrected chi connectivity index (χ1v) is 7.75. The minimum absolute atomic E-state index is 0. The summed E-state index contributed by atoms with van der Waals surface area (Å²) in [6.45, 7) is 3.25. The number of nitrogens with zero attached hydrogens (tertiary/aromatic N) is 1. The highest BCUT2D eigenvalue weighted by Crippen LogP contribution is 2.35. The lowest BCUT2D eigenvalue weighted by Gasteiger charge is -2.39. The number of ether oxygens (including phenoxy) is 2. The molecule has 0 saturated carbocycles. The van der Waals surface area contributed by atoms with Crippen LogP contribution in [-0.4, -0.2) is 32.3 Å². The molecule has 1 aliphatic heterocycles. The van der Waals surface area contributed by atoms with Crippen LogP contribution in [0.5, 0.6) is 11.5 Å². The minimum atomic E-state index is 0. The molecular formula is C19H24BrNO2. The molecule has 124 valence electrons. The molecule has 3 rings (SSSR count).